The summed E-state index contributed by atoms with van der Waals surface area (Å²) >= 11 is 3.32. The zero-order valence-corrected chi connectivity index (χ0v) is 16.3. The predicted molar refractivity (Wildman–Crippen MR) is 99.4 cm³/mol. The summed E-state index contributed by atoms with van der Waals surface area (Å²) in [5, 5.41) is 4.80. The van der Waals surface area contributed by atoms with Gasteiger partial charge in [0.25, 0.3) is 5.56 Å². The van der Waals surface area contributed by atoms with E-state index in [4.69, 9.17) is 0 Å². The van der Waals surface area contributed by atoms with Gasteiger partial charge in [0.05, 0.1) is 6.04 Å². The van der Waals surface area contributed by atoms with Crippen LogP contribution in [0.2, 0.25) is 0 Å². The molecule has 1 N–H and O–H groups in total. The fourth-order valence-electron chi connectivity index (χ4n) is 3.13. The van der Waals surface area contributed by atoms with Crippen LogP contribution < -0.4 is 10.3 Å². The molecule has 4 rings (SSSR count). The largest absolute Gasteiger partial charge is 0.573 e. The Morgan fingerprint density at radius 1 is 1.32 bits per heavy atom. The summed E-state index contributed by atoms with van der Waals surface area (Å²) in [6.45, 7) is 1.92. The molecular formula is C18H16BrF3N4O2. The molecule has 0 unspecified atom stereocenters. The highest BCUT2D eigenvalue weighted by Gasteiger charge is 2.31. The van der Waals surface area contributed by atoms with E-state index < -0.39 is 6.36 Å². The minimum absolute atomic E-state index is 0.162. The molecule has 1 fully saturated rings. The van der Waals surface area contributed by atoms with Crippen molar-refractivity contribution in [2.45, 2.75) is 44.5 Å². The van der Waals surface area contributed by atoms with Crippen LogP contribution in [0.5, 0.6) is 5.75 Å². The van der Waals surface area contributed by atoms with E-state index in [0.29, 0.717) is 27.9 Å². The van der Waals surface area contributed by atoms with Crippen LogP contribution in [0.1, 0.15) is 43.1 Å². The van der Waals surface area contributed by atoms with E-state index in [-0.39, 0.29) is 23.3 Å². The van der Waals surface area contributed by atoms with Crippen molar-refractivity contribution < 1.29 is 17.9 Å². The summed E-state index contributed by atoms with van der Waals surface area (Å²) in [5.74, 6) is 0.696. The highest BCUT2D eigenvalue weighted by atomic mass is 79.9. The predicted octanol–water partition coefficient (Wildman–Crippen LogP) is 4.46. The van der Waals surface area contributed by atoms with E-state index in [1.165, 1.54) is 12.1 Å². The van der Waals surface area contributed by atoms with Crippen molar-refractivity contribution in [3.63, 3.8) is 0 Å². The van der Waals surface area contributed by atoms with Crippen molar-refractivity contribution in [1.29, 1.82) is 0 Å². The molecule has 1 aliphatic carbocycles. The summed E-state index contributed by atoms with van der Waals surface area (Å²) in [5.41, 5.74) is 1.09. The van der Waals surface area contributed by atoms with E-state index >= 15 is 0 Å². The molecule has 6 nitrogen and oxygen atoms in total. The molecule has 3 aromatic rings. The van der Waals surface area contributed by atoms with E-state index in [0.717, 1.165) is 18.4 Å². The van der Waals surface area contributed by atoms with Gasteiger partial charge in [-0.3, -0.25) is 4.79 Å². The Morgan fingerprint density at radius 2 is 2.00 bits per heavy atom. The lowest BCUT2D eigenvalue weighted by atomic mass is 10.1. The second-order valence-corrected chi connectivity index (χ2v) is 7.66. The average molecular weight is 457 g/mol. The van der Waals surface area contributed by atoms with Crippen LogP contribution in [0.4, 0.5) is 13.2 Å². The molecule has 1 atom stereocenters. The van der Waals surface area contributed by atoms with Gasteiger partial charge in [0.15, 0.2) is 5.65 Å². The lowest BCUT2D eigenvalue weighted by molar-refractivity contribution is -0.274. The van der Waals surface area contributed by atoms with Gasteiger partial charge in [-0.15, -0.1) is 13.2 Å². The topological polar surface area (TPSA) is 72.8 Å². The van der Waals surface area contributed by atoms with E-state index in [2.05, 4.69) is 35.7 Å². The fraction of sp³-hybridized carbons (Fsp3) is 0.389. The Labute approximate surface area is 165 Å². The Kier molecular flexibility index (Phi) is 4.68. The Balaban J connectivity index is 1.60. The quantitative estimate of drug-likeness (QED) is 0.614. The van der Waals surface area contributed by atoms with E-state index in [1.807, 2.05) is 6.92 Å². The molecule has 0 bridgehead atoms. The Morgan fingerprint density at radius 3 is 2.61 bits per heavy atom. The summed E-state index contributed by atoms with van der Waals surface area (Å²) in [6, 6.07) is 5.55. The normalized spacial score (nSPS) is 15.8. The van der Waals surface area contributed by atoms with Gasteiger partial charge >= 0.3 is 6.36 Å². The van der Waals surface area contributed by atoms with Crippen LogP contribution in [0, 0.1) is 0 Å². The number of alkyl halides is 3. The molecule has 1 aromatic carbocycles. The van der Waals surface area contributed by atoms with Crippen LogP contribution in [-0.4, -0.2) is 26.1 Å². The van der Waals surface area contributed by atoms with Crippen LogP contribution in [0.15, 0.2) is 33.7 Å². The van der Waals surface area contributed by atoms with Gasteiger partial charge in [-0.25, -0.2) is 9.67 Å². The fourth-order valence-corrected chi connectivity index (χ4v) is 3.66. The first-order valence-electron chi connectivity index (χ1n) is 8.74. The van der Waals surface area contributed by atoms with Gasteiger partial charge in [-0.2, -0.15) is 5.10 Å². The Bertz CT molecular complexity index is 1070. The van der Waals surface area contributed by atoms with E-state index in [1.54, 1.807) is 16.8 Å². The Hall–Kier alpha value is -2.36. The third-order valence-corrected chi connectivity index (χ3v) is 5.16. The maximum Gasteiger partial charge on any atom is 0.573 e. The summed E-state index contributed by atoms with van der Waals surface area (Å²) in [7, 11) is 0. The molecule has 0 radical (unpaired) electrons. The first kappa shape index (κ1) is 19.0. The first-order chi connectivity index (χ1) is 13.2. The zero-order valence-electron chi connectivity index (χ0n) is 14.8. The summed E-state index contributed by atoms with van der Waals surface area (Å²) in [6.07, 6.45) is -2.20. The molecule has 148 valence electrons. The summed E-state index contributed by atoms with van der Waals surface area (Å²) < 4.78 is 42.8. The third kappa shape index (κ3) is 3.91. The van der Waals surface area contributed by atoms with Gasteiger partial charge in [-0.1, -0.05) is 12.1 Å². The number of hydrogen-bond donors (Lipinski definition) is 1. The molecule has 1 saturated carbocycles. The minimum atomic E-state index is -4.72. The number of nitrogens with one attached hydrogen (secondary N) is 1. The van der Waals surface area contributed by atoms with Crippen LogP contribution in [0.3, 0.4) is 0 Å². The summed E-state index contributed by atoms with van der Waals surface area (Å²) in [4.78, 5) is 19.8. The number of nitrogens with zero attached hydrogens (tertiary/aromatic N) is 3. The number of ether oxygens (including phenoxy) is 1. The number of hydrogen-bond acceptors (Lipinski definition) is 4. The first-order valence-corrected chi connectivity index (χ1v) is 9.53. The van der Waals surface area contributed by atoms with Crippen molar-refractivity contribution in [3.05, 3.63) is 50.6 Å². The van der Waals surface area contributed by atoms with Gasteiger partial charge < -0.3 is 9.72 Å². The van der Waals surface area contributed by atoms with Crippen LogP contribution in [-0.2, 0) is 6.42 Å². The van der Waals surface area contributed by atoms with Gasteiger partial charge in [0, 0.05) is 5.92 Å². The second-order valence-electron chi connectivity index (χ2n) is 6.90. The monoisotopic (exact) mass is 456 g/mol. The number of aromatic amines is 1. The van der Waals surface area contributed by atoms with Gasteiger partial charge in [0.1, 0.15) is 21.6 Å². The molecule has 28 heavy (non-hydrogen) atoms. The molecular weight excluding hydrogens is 441 g/mol. The minimum Gasteiger partial charge on any atom is -0.406 e. The standard InChI is InChI=1S/C18H16BrF3N4O2/c1-9(8-10-2-6-12(7-3-10)28-18(20,21)22)26-16-13(14(19)25-26)17(27)24-15(23-16)11-4-5-11/h2-3,6-7,9,11H,4-5,8H2,1H3,(H,23,24,27)/t9-/m0/s1. The molecule has 0 aliphatic heterocycles. The average Bonchev–Trinajstić information content (AvgIpc) is 3.39. The molecule has 0 spiro atoms. The SMILES string of the molecule is C[C@@H](Cc1ccc(OC(F)(F)F)cc1)n1nc(Br)c2c(=O)[nH]c(C3CC3)nc21. The van der Waals surface area contributed by atoms with Gasteiger partial charge in [0.2, 0.25) is 0 Å². The molecule has 10 heteroatoms. The van der Waals surface area contributed by atoms with Crippen molar-refractivity contribution in [2.24, 2.45) is 0 Å². The smallest absolute Gasteiger partial charge is 0.406 e. The molecule has 0 saturated heterocycles. The van der Waals surface area contributed by atoms with Crippen molar-refractivity contribution in [3.8, 4) is 5.75 Å². The zero-order chi connectivity index (χ0) is 20.1. The van der Waals surface area contributed by atoms with E-state index in [9.17, 15) is 18.0 Å². The highest BCUT2D eigenvalue weighted by molar-refractivity contribution is 9.10. The van der Waals surface area contributed by atoms with Crippen molar-refractivity contribution >= 4 is 27.0 Å². The van der Waals surface area contributed by atoms with Gasteiger partial charge in [-0.05, 0) is 59.8 Å². The maximum absolute atomic E-state index is 12.4. The number of halogens is 4. The molecule has 1 aliphatic rings. The maximum atomic E-state index is 12.4. The number of H-pyrrole nitrogens is 1. The molecule has 2 aromatic heterocycles. The molecule has 0 amide bonds. The molecule has 2 heterocycles. The second kappa shape index (κ2) is 6.91. The highest BCUT2D eigenvalue weighted by Crippen LogP contribution is 2.38. The van der Waals surface area contributed by atoms with Crippen LogP contribution >= 0.6 is 15.9 Å². The van der Waals surface area contributed by atoms with Crippen LogP contribution in [0.25, 0.3) is 11.0 Å². The van der Waals surface area contributed by atoms with Crippen molar-refractivity contribution in [2.75, 3.05) is 0 Å². The number of fused-ring (bicyclic) bond motifs is 1. The number of benzene rings is 1. The lowest BCUT2D eigenvalue weighted by Gasteiger charge is -2.14. The number of aromatic nitrogens is 4. The number of rotatable bonds is 5. The third-order valence-electron chi connectivity index (χ3n) is 4.61. The lowest BCUT2D eigenvalue weighted by Crippen LogP contribution is -2.17. The van der Waals surface area contributed by atoms with Crippen molar-refractivity contribution in [1.82, 2.24) is 19.7 Å².